The lowest BCUT2D eigenvalue weighted by Crippen LogP contribution is -2.34. The van der Waals surface area contributed by atoms with Crippen LogP contribution in [0.25, 0.3) is 0 Å². The van der Waals surface area contributed by atoms with E-state index in [9.17, 15) is 14.4 Å². The van der Waals surface area contributed by atoms with Gasteiger partial charge in [0.15, 0.2) is 6.10 Å². The third kappa shape index (κ3) is 4.72. The molecule has 1 aliphatic carbocycles. The smallest absolute Gasteiger partial charge is 0.311 e. The zero-order valence-electron chi connectivity index (χ0n) is 17.8. The number of hydrogen-bond acceptors (Lipinski definition) is 6. The predicted molar refractivity (Wildman–Crippen MR) is 104 cm³/mol. The zero-order valence-corrected chi connectivity index (χ0v) is 17.8. The molecular weight excluding hydrogens is 360 g/mol. The van der Waals surface area contributed by atoms with E-state index >= 15 is 0 Å². The fourth-order valence-corrected chi connectivity index (χ4v) is 2.93. The van der Waals surface area contributed by atoms with Crippen LogP contribution in [0.3, 0.4) is 0 Å². The number of hydrogen-bond donors (Lipinski definition) is 0. The van der Waals surface area contributed by atoms with Gasteiger partial charge in [-0.1, -0.05) is 0 Å². The van der Waals surface area contributed by atoms with Crippen molar-refractivity contribution in [3.05, 3.63) is 29.3 Å². The second-order valence-electron chi connectivity index (χ2n) is 9.17. The molecule has 1 aromatic carbocycles. The Kier molecular flexibility index (Phi) is 6.21. The standard InChI is InChI=1S/C22H30O6/c1-21(2,3)19(24)27-11-10-15-16-12-13(26-7)8-9-14(16)17(23)18(15)28-20(25)22(4,5)6/h8-9,12,15,18H,10-11H2,1-7H3/t15-,18+/m1/s1. The van der Waals surface area contributed by atoms with Gasteiger partial charge in [0, 0.05) is 11.5 Å². The van der Waals surface area contributed by atoms with Crippen LogP contribution in [0.15, 0.2) is 18.2 Å². The fourth-order valence-electron chi connectivity index (χ4n) is 2.93. The van der Waals surface area contributed by atoms with Crippen molar-refractivity contribution in [1.82, 2.24) is 0 Å². The second-order valence-corrected chi connectivity index (χ2v) is 9.17. The molecule has 2 atom stereocenters. The first-order valence-electron chi connectivity index (χ1n) is 9.46. The fraction of sp³-hybridized carbons (Fsp3) is 0.591. The summed E-state index contributed by atoms with van der Waals surface area (Å²) in [5.41, 5.74) is -0.0664. The molecule has 0 saturated carbocycles. The summed E-state index contributed by atoms with van der Waals surface area (Å²) < 4.78 is 16.3. The quantitative estimate of drug-likeness (QED) is 0.709. The van der Waals surface area contributed by atoms with Crippen LogP contribution < -0.4 is 4.74 Å². The van der Waals surface area contributed by atoms with Gasteiger partial charge in [-0.05, 0) is 71.7 Å². The van der Waals surface area contributed by atoms with Gasteiger partial charge in [0.05, 0.1) is 24.5 Å². The molecule has 0 radical (unpaired) electrons. The minimum Gasteiger partial charge on any atom is -0.497 e. The van der Waals surface area contributed by atoms with Gasteiger partial charge in [0.2, 0.25) is 5.78 Å². The Morgan fingerprint density at radius 2 is 1.61 bits per heavy atom. The van der Waals surface area contributed by atoms with E-state index in [4.69, 9.17) is 14.2 Å². The van der Waals surface area contributed by atoms with E-state index in [0.717, 1.165) is 5.56 Å². The van der Waals surface area contributed by atoms with Gasteiger partial charge < -0.3 is 14.2 Å². The van der Waals surface area contributed by atoms with Crippen molar-refractivity contribution in [2.45, 2.75) is 60.0 Å². The minimum absolute atomic E-state index is 0.133. The van der Waals surface area contributed by atoms with Crippen LogP contribution >= 0.6 is 0 Å². The number of esters is 2. The number of Topliss-reactive ketones (excluding diaryl/α,β-unsaturated/α-hetero) is 1. The molecule has 1 aromatic rings. The molecule has 0 heterocycles. The van der Waals surface area contributed by atoms with E-state index in [1.54, 1.807) is 66.9 Å². The summed E-state index contributed by atoms with van der Waals surface area (Å²) in [7, 11) is 1.55. The molecule has 0 aromatic heterocycles. The van der Waals surface area contributed by atoms with E-state index in [1.807, 2.05) is 0 Å². The maximum absolute atomic E-state index is 12.9. The van der Waals surface area contributed by atoms with Crippen molar-refractivity contribution in [2.24, 2.45) is 10.8 Å². The summed E-state index contributed by atoms with van der Waals surface area (Å²) in [4.78, 5) is 37.4. The largest absolute Gasteiger partial charge is 0.497 e. The molecule has 28 heavy (non-hydrogen) atoms. The Hall–Kier alpha value is -2.37. The predicted octanol–water partition coefficient (Wildman–Crippen LogP) is 3.91. The highest BCUT2D eigenvalue weighted by Gasteiger charge is 2.44. The van der Waals surface area contributed by atoms with Crippen LogP contribution in [-0.2, 0) is 19.1 Å². The molecule has 0 amide bonds. The first kappa shape index (κ1) is 21.9. The van der Waals surface area contributed by atoms with Crippen molar-refractivity contribution in [2.75, 3.05) is 13.7 Å². The van der Waals surface area contributed by atoms with Crippen LogP contribution in [-0.4, -0.2) is 37.5 Å². The van der Waals surface area contributed by atoms with Crippen LogP contribution in [0.5, 0.6) is 5.75 Å². The van der Waals surface area contributed by atoms with Gasteiger partial charge in [-0.25, -0.2) is 0 Å². The van der Waals surface area contributed by atoms with Crippen LogP contribution in [0.4, 0.5) is 0 Å². The van der Waals surface area contributed by atoms with Crippen LogP contribution in [0.1, 0.15) is 69.8 Å². The summed E-state index contributed by atoms with van der Waals surface area (Å²) in [6.45, 7) is 10.7. The second kappa shape index (κ2) is 7.94. The molecule has 6 nitrogen and oxygen atoms in total. The number of carbonyl (C=O) groups excluding carboxylic acids is 3. The SMILES string of the molecule is COc1ccc2c(c1)[C@@H](CCOC(=O)C(C)(C)C)[C@H](OC(=O)C(C)(C)C)C2=O. The maximum atomic E-state index is 12.9. The molecular formula is C22H30O6. The van der Waals surface area contributed by atoms with Gasteiger partial charge in [0.1, 0.15) is 5.75 Å². The molecule has 0 aliphatic heterocycles. The molecule has 0 N–H and O–H groups in total. The van der Waals surface area contributed by atoms with Gasteiger partial charge in [-0.15, -0.1) is 0 Å². The average molecular weight is 390 g/mol. The lowest BCUT2D eigenvalue weighted by molar-refractivity contribution is -0.158. The molecule has 6 heteroatoms. The summed E-state index contributed by atoms with van der Waals surface area (Å²) in [6, 6.07) is 5.19. The molecule has 1 aliphatic rings. The van der Waals surface area contributed by atoms with E-state index in [2.05, 4.69) is 0 Å². The van der Waals surface area contributed by atoms with Crippen LogP contribution in [0.2, 0.25) is 0 Å². The van der Waals surface area contributed by atoms with Gasteiger partial charge in [0.25, 0.3) is 0 Å². The molecule has 154 valence electrons. The summed E-state index contributed by atoms with van der Waals surface area (Å²) >= 11 is 0. The van der Waals surface area contributed by atoms with Gasteiger partial charge in [-0.3, -0.25) is 14.4 Å². The summed E-state index contributed by atoms with van der Waals surface area (Å²) in [6.07, 6.45) is -0.558. The van der Waals surface area contributed by atoms with E-state index < -0.39 is 28.8 Å². The van der Waals surface area contributed by atoms with Crippen molar-refractivity contribution in [3.63, 3.8) is 0 Å². The van der Waals surface area contributed by atoms with Crippen molar-refractivity contribution >= 4 is 17.7 Å². The lowest BCUT2D eigenvalue weighted by atomic mass is 9.94. The van der Waals surface area contributed by atoms with E-state index in [1.165, 1.54) is 0 Å². The Morgan fingerprint density at radius 3 is 2.14 bits per heavy atom. The molecule has 0 spiro atoms. The molecule has 0 bridgehead atoms. The Labute approximate surface area is 166 Å². The molecule has 0 fully saturated rings. The Balaban J connectivity index is 2.26. The van der Waals surface area contributed by atoms with Crippen LogP contribution in [0, 0.1) is 10.8 Å². The number of benzene rings is 1. The van der Waals surface area contributed by atoms with Crippen molar-refractivity contribution in [3.8, 4) is 5.75 Å². The highest BCUT2D eigenvalue weighted by molar-refractivity contribution is 6.06. The van der Waals surface area contributed by atoms with Gasteiger partial charge in [-0.2, -0.15) is 0 Å². The van der Waals surface area contributed by atoms with E-state index in [0.29, 0.717) is 17.7 Å². The highest BCUT2D eigenvalue weighted by atomic mass is 16.6. The highest BCUT2D eigenvalue weighted by Crippen LogP contribution is 2.40. The minimum atomic E-state index is -0.929. The molecule has 0 unspecified atom stereocenters. The Bertz CT molecular complexity index is 766. The third-order valence-corrected chi connectivity index (χ3v) is 4.67. The topological polar surface area (TPSA) is 78.9 Å². The first-order chi connectivity index (χ1) is 12.9. The monoisotopic (exact) mass is 390 g/mol. The summed E-state index contributed by atoms with van der Waals surface area (Å²) in [5, 5.41) is 0. The number of ether oxygens (including phenoxy) is 3. The van der Waals surface area contributed by atoms with Crippen molar-refractivity contribution in [1.29, 1.82) is 0 Å². The van der Waals surface area contributed by atoms with E-state index in [-0.39, 0.29) is 18.4 Å². The van der Waals surface area contributed by atoms with Crippen molar-refractivity contribution < 1.29 is 28.6 Å². The maximum Gasteiger partial charge on any atom is 0.311 e. The first-order valence-corrected chi connectivity index (χ1v) is 9.46. The third-order valence-electron chi connectivity index (χ3n) is 4.67. The molecule has 2 rings (SSSR count). The number of fused-ring (bicyclic) bond motifs is 1. The molecule has 0 saturated heterocycles. The number of carbonyl (C=O) groups is 3. The lowest BCUT2D eigenvalue weighted by Gasteiger charge is -2.24. The van der Waals surface area contributed by atoms with Gasteiger partial charge >= 0.3 is 11.9 Å². The number of methoxy groups -OCH3 is 1. The average Bonchev–Trinajstić information content (AvgIpc) is 2.85. The summed E-state index contributed by atoms with van der Waals surface area (Å²) in [5.74, 6) is -0.765. The number of rotatable bonds is 5. The normalized spacial score (nSPS) is 19.2. The zero-order chi connectivity index (χ0) is 21.3. The number of ketones is 1. The Morgan fingerprint density at radius 1 is 1.00 bits per heavy atom.